The fraction of sp³-hybridized carbons (Fsp3) is 0.385. The first-order valence-corrected chi connectivity index (χ1v) is 6.37. The molecule has 0 saturated carbocycles. The van der Waals surface area contributed by atoms with Crippen LogP contribution in [0.4, 0.5) is 5.69 Å². The third-order valence-corrected chi connectivity index (χ3v) is 3.35. The van der Waals surface area contributed by atoms with E-state index in [0.717, 1.165) is 25.9 Å². The molecule has 1 aliphatic rings. The molecule has 108 valence electrons. The third kappa shape index (κ3) is 3.02. The van der Waals surface area contributed by atoms with Crippen LogP contribution >= 0.6 is 12.4 Å². The van der Waals surface area contributed by atoms with E-state index in [1.54, 1.807) is 18.2 Å². The van der Waals surface area contributed by atoms with Crippen LogP contribution in [-0.4, -0.2) is 24.0 Å². The second-order valence-corrected chi connectivity index (χ2v) is 4.76. The van der Waals surface area contributed by atoms with Crippen molar-refractivity contribution >= 4 is 35.1 Å². The van der Waals surface area contributed by atoms with Crippen LogP contribution < -0.4 is 16.4 Å². The highest BCUT2D eigenvalue weighted by Gasteiger charge is 2.20. The zero-order valence-electron chi connectivity index (χ0n) is 10.8. The smallest absolute Gasteiger partial charge is 0.408 e. The van der Waals surface area contributed by atoms with Gasteiger partial charge in [-0.1, -0.05) is 0 Å². The van der Waals surface area contributed by atoms with E-state index >= 15 is 0 Å². The number of H-pyrrole nitrogens is 1. The summed E-state index contributed by atoms with van der Waals surface area (Å²) in [6.45, 7) is 1.70. The highest BCUT2D eigenvalue weighted by atomic mass is 35.5. The lowest BCUT2D eigenvalue weighted by molar-refractivity contribution is -0.120. The van der Waals surface area contributed by atoms with Gasteiger partial charge in [-0.3, -0.25) is 9.78 Å². The number of carbonyl (C=O) groups is 1. The summed E-state index contributed by atoms with van der Waals surface area (Å²) in [5.41, 5.74) is 1.74. The maximum Gasteiger partial charge on any atom is 0.417 e. The van der Waals surface area contributed by atoms with Crippen molar-refractivity contribution in [3.63, 3.8) is 0 Å². The van der Waals surface area contributed by atoms with Crippen LogP contribution in [0.25, 0.3) is 11.1 Å². The third-order valence-electron chi connectivity index (χ3n) is 3.35. The van der Waals surface area contributed by atoms with Gasteiger partial charge in [0, 0.05) is 12.2 Å². The molecule has 1 aliphatic heterocycles. The van der Waals surface area contributed by atoms with Gasteiger partial charge >= 0.3 is 5.76 Å². The van der Waals surface area contributed by atoms with Crippen molar-refractivity contribution in [3.8, 4) is 0 Å². The Morgan fingerprint density at radius 2 is 2.25 bits per heavy atom. The predicted molar refractivity (Wildman–Crippen MR) is 78.3 cm³/mol. The topological polar surface area (TPSA) is 87.1 Å². The van der Waals surface area contributed by atoms with E-state index in [2.05, 4.69) is 15.6 Å². The highest BCUT2D eigenvalue weighted by Crippen LogP contribution is 2.18. The lowest BCUT2D eigenvalue weighted by Gasteiger charge is -2.21. The molecule has 0 bridgehead atoms. The minimum atomic E-state index is -0.491. The molecule has 3 rings (SSSR count). The first-order chi connectivity index (χ1) is 9.22. The molecule has 0 aliphatic carbocycles. The van der Waals surface area contributed by atoms with Crippen LogP contribution in [0.3, 0.4) is 0 Å². The molecule has 1 saturated heterocycles. The Hall–Kier alpha value is -1.79. The molecule has 0 unspecified atom stereocenters. The summed E-state index contributed by atoms with van der Waals surface area (Å²) in [4.78, 5) is 25.7. The van der Waals surface area contributed by atoms with E-state index in [0.29, 0.717) is 16.8 Å². The first kappa shape index (κ1) is 14.6. The van der Waals surface area contributed by atoms with Crippen LogP contribution in [0.2, 0.25) is 0 Å². The molecule has 1 aromatic heterocycles. The van der Waals surface area contributed by atoms with E-state index in [4.69, 9.17) is 4.42 Å². The molecule has 2 heterocycles. The van der Waals surface area contributed by atoms with Gasteiger partial charge < -0.3 is 15.1 Å². The molecule has 0 spiro atoms. The number of anilines is 1. The number of fused-ring (bicyclic) bond motifs is 1. The van der Waals surface area contributed by atoms with Gasteiger partial charge in [0.1, 0.15) is 0 Å². The summed E-state index contributed by atoms with van der Waals surface area (Å²) in [6, 6.07) is 5.10. The van der Waals surface area contributed by atoms with Crippen molar-refractivity contribution in [1.29, 1.82) is 0 Å². The monoisotopic (exact) mass is 297 g/mol. The minimum Gasteiger partial charge on any atom is -0.408 e. The Bertz CT molecular complexity index is 658. The number of halogens is 1. The summed E-state index contributed by atoms with van der Waals surface area (Å²) < 4.78 is 4.91. The number of benzene rings is 1. The number of hydrogen-bond donors (Lipinski definition) is 3. The van der Waals surface area contributed by atoms with E-state index in [9.17, 15) is 9.59 Å². The number of amides is 1. The molecule has 1 amide bonds. The Kier molecular flexibility index (Phi) is 4.46. The number of rotatable bonds is 2. The largest absolute Gasteiger partial charge is 0.417 e. The van der Waals surface area contributed by atoms with Crippen molar-refractivity contribution in [3.05, 3.63) is 28.7 Å². The second-order valence-electron chi connectivity index (χ2n) is 4.76. The maximum absolute atomic E-state index is 12.1. The van der Waals surface area contributed by atoms with Gasteiger partial charge in [-0.15, -0.1) is 12.4 Å². The summed E-state index contributed by atoms with van der Waals surface area (Å²) in [5, 5.41) is 6.08. The van der Waals surface area contributed by atoms with Crippen molar-refractivity contribution in [2.45, 2.75) is 12.8 Å². The van der Waals surface area contributed by atoms with Crippen LogP contribution in [-0.2, 0) is 4.79 Å². The van der Waals surface area contributed by atoms with Crippen LogP contribution in [0.5, 0.6) is 0 Å². The van der Waals surface area contributed by atoms with E-state index in [1.807, 2.05) is 0 Å². The maximum atomic E-state index is 12.1. The number of aromatic nitrogens is 1. The minimum absolute atomic E-state index is 0. The van der Waals surface area contributed by atoms with Crippen molar-refractivity contribution in [2.75, 3.05) is 18.4 Å². The molecule has 1 atom stereocenters. The second kappa shape index (κ2) is 6.11. The molecule has 1 aromatic carbocycles. The fourth-order valence-electron chi connectivity index (χ4n) is 2.35. The van der Waals surface area contributed by atoms with Gasteiger partial charge in [0.2, 0.25) is 5.91 Å². The van der Waals surface area contributed by atoms with Gasteiger partial charge in [-0.25, -0.2) is 4.79 Å². The molecule has 7 heteroatoms. The Morgan fingerprint density at radius 1 is 1.40 bits per heavy atom. The van der Waals surface area contributed by atoms with Gasteiger partial charge in [-0.2, -0.15) is 0 Å². The van der Waals surface area contributed by atoms with Crippen molar-refractivity contribution in [2.24, 2.45) is 5.92 Å². The number of carbonyl (C=O) groups excluding carboxylic acids is 1. The summed E-state index contributed by atoms with van der Waals surface area (Å²) in [6.07, 6.45) is 1.93. The highest BCUT2D eigenvalue weighted by molar-refractivity contribution is 5.94. The van der Waals surface area contributed by atoms with Crippen LogP contribution in [0.1, 0.15) is 12.8 Å². The number of aromatic amines is 1. The molecule has 1 fully saturated rings. The molecule has 2 aromatic rings. The standard InChI is InChI=1S/C13H15N3O3.ClH/c17-12(8-2-1-5-14-7-8)15-9-3-4-11-10(6-9)16-13(18)19-11;/h3-4,6,8,14H,1-2,5,7H2,(H,15,17)(H,16,18);1H/t8-;/m1./s1. The summed E-state index contributed by atoms with van der Waals surface area (Å²) in [7, 11) is 0. The molecular weight excluding hydrogens is 282 g/mol. The van der Waals surface area contributed by atoms with E-state index in [1.165, 1.54) is 0 Å². The molecule has 0 radical (unpaired) electrons. The quantitative estimate of drug-likeness (QED) is 0.783. The Morgan fingerprint density at radius 3 is 3.00 bits per heavy atom. The van der Waals surface area contributed by atoms with Crippen LogP contribution in [0, 0.1) is 5.92 Å². The zero-order valence-corrected chi connectivity index (χ0v) is 11.6. The predicted octanol–water partition coefficient (Wildman–Crippen LogP) is 1.48. The van der Waals surface area contributed by atoms with Gasteiger partial charge in [0.05, 0.1) is 11.4 Å². The fourth-order valence-corrected chi connectivity index (χ4v) is 2.35. The van der Waals surface area contributed by atoms with E-state index < -0.39 is 5.76 Å². The van der Waals surface area contributed by atoms with Crippen molar-refractivity contribution < 1.29 is 9.21 Å². The Labute approximate surface area is 121 Å². The van der Waals surface area contributed by atoms with Gasteiger partial charge in [-0.05, 0) is 37.6 Å². The zero-order chi connectivity index (χ0) is 13.2. The lowest BCUT2D eigenvalue weighted by Crippen LogP contribution is -2.37. The SMILES string of the molecule is Cl.O=C(Nc1ccc2oc(=O)[nH]c2c1)[C@@H]1CCCNC1. The molecular formula is C13H16ClN3O3. The molecule has 3 N–H and O–H groups in total. The Balaban J connectivity index is 0.00000147. The molecule has 6 nitrogen and oxygen atoms in total. The number of piperidine rings is 1. The average molecular weight is 298 g/mol. The van der Waals surface area contributed by atoms with E-state index in [-0.39, 0.29) is 24.2 Å². The normalized spacial score (nSPS) is 18.5. The van der Waals surface area contributed by atoms with Gasteiger partial charge in [0.15, 0.2) is 5.58 Å². The van der Waals surface area contributed by atoms with Gasteiger partial charge in [0.25, 0.3) is 0 Å². The number of nitrogens with one attached hydrogen (secondary N) is 3. The van der Waals surface area contributed by atoms with Crippen LogP contribution in [0.15, 0.2) is 27.4 Å². The average Bonchev–Trinajstić information content (AvgIpc) is 2.79. The molecule has 20 heavy (non-hydrogen) atoms. The lowest BCUT2D eigenvalue weighted by atomic mass is 9.99. The summed E-state index contributed by atoms with van der Waals surface area (Å²) in [5.74, 6) is -0.472. The summed E-state index contributed by atoms with van der Waals surface area (Å²) >= 11 is 0. The number of oxazole rings is 1. The van der Waals surface area contributed by atoms with Crippen molar-refractivity contribution in [1.82, 2.24) is 10.3 Å². The first-order valence-electron chi connectivity index (χ1n) is 6.37. The number of hydrogen-bond acceptors (Lipinski definition) is 4.